The van der Waals surface area contributed by atoms with Gasteiger partial charge in [0.05, 0.1) is 5.56 Å². The van der Waals surface area contributed by atoms with Crippen LogP contribution >= 0.6 is 39.3 Å². The third-order valence-electron chi connectivity index (χ3n) is 3.71. The zero-order valence-electron chi connectivity index (χ0n) is 14.3. The van der Waals surface area contributed by atoms with E-state index in [4.69, 9.17) is 11.6 Å². The van der Waals surface area contributed by atoms with E-state index >= 15 is 0 Å². The molecule has 2 aromatic rings. The Kier molecular flexibility index (Phi) is 8.48. The monoisotopic (exact) mass is 454 g/mol. The van der Waals surface area contributed by atoms with Gasteiger partial charge in [0.15, 0.2) is 0 Å². The number of hydrogen-bond donors (Lipinski definition) is 2. The van der Waals surface area contributed by atoms with Gasteiger partial charge < -0.3 is 10.6 Å². The van der Waals surface area contributed by atoms with Crippen molar-refractivity contribution in [1.29, 1.82) is 0 Å². The highest BCUT2D eigenvalue weighted by atomic mass is 79.9. The fourth-order valence-electron chi connectivity index (χ4n) is 2.35. The van der Waals surface area contributed by atoms with Crippen molar-refractivity contribution in [1.82, 2.24) is 10.6 Å². The van der Waals surface area contributed by atoms with Gasteiger partial charge in [-0.2, -0.15) is 11.8 Å². The summed E-state index contributed by atoms with van der Waals surface area (Å²) >= 11 is 11.0. The molecule has 2 aromatic carbocycles. The first-order chi connectivity index (χ1) is 12.5. The highest BCUT2D eigenvalue weighted by Crippen LogP contribution is 2.16. The number of amides is 2. The summed E-state index contributed by atoms with van der Waals surface area (Å²) in [6.07, 6.45) is 2.52. The lowest BCUT2D eigenvalue weighted by atomic mass is 10.1. The largest absolute Gasteiger partial charge is 0.350 e. The smallest absolute Gasteiger partial charge is 0.253 e. The van der Waals surface area contributed by atoms with Crippen LogP contribution in [0.1, 0.15) is 22.3 Å². The second kappa shape index (κ2) is 10.6. The van der Waals surface area contributed by atoms with Crippen molar-refractivity contribution in [3.63, 3.8) is 0 Å². The SMILES string of the molecule is CSCCC(NC(=O)c1ccccc1Br)C(=O)NCc1cccc(Cl)c1. The molecule has 0 aromatic heterocycles. The third-order valence-corrected chi connectivity index (χ3v) is 5.28. The predicted octanol–water partition coefficient (Wildman–Crippen LogP) is 4.27. The highest BCUT2D eigenvalue weighted by molar-refractivity contribution is 9.10. The predicted molar refractivity (Wildman–Crippen MR) is 112 cm³/mol. The highest BCUT2D eigenvalue weighted by Gasteiger charge is 2.21. The minimum atomic E-state index is -0.596. The molecule has 2 amide bonds. The molecule has 0 radical (unpaired) electrons. The number of thioether (sulfide) groups is 1. The summed E-state index contributed by atoms with van der Waals surface area (Å²) in [5.41, 5.74) is 1.41. The van der Waals surface area contributed by atoms with Gasteiger partial charge in [0, 0.05) is 16.0 Å². The molecule has 0 saturated carbocycles. The average Bonchev–Trinajstić information content (AvgIpc) is 2.63. The van der Waals surface area contributed by atoms with E-state index in [0.717, 1.165) is 11.3 Å². The van der Waals surface area contributed by atoms with Crippen LogP contribution in [0.4, 0.5) is 0 Å². The summed E-state index contributed by atoms with van der Waals surface area (Å²) in [6.45, 7) is 0.361. The molecule has 0 saturated heterocycles. The molecule has 1 atom stereocenters. The second-order valence-corrected chi connectivity index (χ2v) is 7.91. The van der Waals surface area contributed by atoms with Crippen molar-refractivity contribution in [2.45, 2.75) is 19.0 Å². The van der Waals surface area contributed by atoms with Crippen LogP contribution in [0.15, 0.2) is 53.0 Å². The first-order valence-corrected chi connectivity index (χ1v) is 10.6. The fourth-order valence-corrected chi connectivity index (χ4v) is 3.49. The zero-order chi connectivity index (χ0) is 18.9. The van der Waals surface area contributed by atoms with E-state index in [1.165, 1.54) is 0 Å². The molecule has 0 aliphatic carbocycles. The molecule has 2 N–H and O–H groups in total. The molecule has 0 fully saturated rings. The Bertz CT molecular complexity index is 773. The molecule has 0 spiro atoms. The molecule has 4 nitrogen and oxygen atoms in total. The van der Waals surface area contributed by atoms with Crippen molar-refractivity contribution >= 4 is 51.1 Å². The standard InChI is InChI=1S/C19H20BrClN2O2S/c1-26-10-9-17(23-18(24)15-7-2-3-8-16(15)20)19(25)22-12-13-5-4-6-14(21)11-13/h2-8,11,17H,9-10,12H2,1H3,(H,22,25)(H,23,24). The van der Waals surface area contributed by atoms with Gasteiger partial charge in [-0.3, -0.25) is 9.59 Å². The summed E-state index contributed by atoms with van der Waals surface area (Å²) in [5.74, 6) is 0.284. The Labute approximate surface area is 171 Å². The van der Waals surface area contributed by atoms with Crippen LogP contribution in [-0.2, 0) is 11.3 Å². The van der Waals surface area contributed by atoms with Crippen molar-refractivity contribution in [3.8, 4) is 0 Å². The van der Waals surface area contributed by atoms with Gasteiger partial charge >= 0.3 is 0 Å². The second-order valence-electron chi connectivity index (χ2n) is 5.64. The summed E-state index contributed by atoms with van der Waals surface area (Å²) in [6, 6.07) is 13.9. The molecular weight excluding hydrogens is 436 g/mol. The molecule has 0 aliphatic heterocycles. The first kappa shape index (κ1) is 20.8. The van der Waals surface area contributed by atoms with Crippen LogP contribution in [0.5, 0.6) is 0 Å². The number of carbonyl (C=O) groups is 2. The van der Waals surface area contributed by atoms with Gasteiger partial charge in [-0.05, 0) is 64.2 Å². The van der Waals surface area contributed by atoms with Crippen LogP contribution < -0.4 is 10.6 Å². The molecule has 138 valence electrons. The lowest BCUT2D eigenvalue weighted by Gasteiger charge is -2.18. The molecule has 1 unspecified atom stereocenters. The Morgan fingerprint density at radius 1 is 1.19 bits per heavy atom. The lowest BCUT2D eigenvalue weighted by Crippen LogP contribution is -2.47. The number of carbonyl (C=O) groups excluding carboxylic acids is 2. The normalized spacial score (nSPS) is 11.7. The minimum absolute atomic E-state index is 0.209. The number of halogens is 2. The van der Waals surface area contributed by atoms with Crippen LogP contribution in [0.3, 0.4) is 0 Å². The molecule has 26 heavy (non-hydrogen) atoms. The molecule has 0 aliphatic rings. The maximum Gasteiger partial charge on any atom is 0.253 e. The topological polar surface area (TPSA) is 58.2 Å². The fraction of sp³-hybridized carbons (Fsp3) is 0.263. The Hall–Kier alpha value is -1.50. The Morgan fingerprint density at radius 3 is 2.65 bits per heavy atom. The summed E-state index contributed by atoms with van der Waals surface area (Å²) in [7, 11) is 0. The summed E-state index contributed by atoms with van der Waals surface area (Å²) < 4.78 is 0.695. The minimum Gasteiger partial charge on any atom is -0.350 e. The van der Waals surface area contributed by atoms with Gasteiger partial charge in [0.2, 0.25) is 5.91 Å². The van der Waals surface area contributed by atoms with Crippen LogP contribution in [0, 0.1) is 0 Å². The van der Waals surface area contributed by atoms with Crippen molar-refractivity contribution in [3.05, 3.63) is 69.2 Å². The maximum atomic E-state index is 12.6. The van der Waals surface area contributed by atoms with E-state index in [9.17, 15) is 9.59 Å². The molecule has 7 heteroatoms. The van der Waals surface area contributed by atoms with E-state index in [1.807, 2.05) is 24.5 Å². The zero-order valence-corrected chi connectivity index (χ0v) is 17.5. The van der Waals surface area contributed by atoms with E-state index < -0.39 is 6.04 Å². The maximum absolute atomic E-state index is 12.6. The van der Waals surface area contributed by atoms with Gasteiger partial charge in [-0.15, -0.1) is 0 Å². The van der Waals surface area contributed by atoms with Crippen molar-refractivity contribution < 1.29 is 9.59 Å². The summed E-state index contributed by atoms with van der Waals surface area (Å²) in [5, 5.41) is 6.33. The van der Waals surface area contributed by atoms with E-state index in [1.54, 1.807) is 42.1 Å². The van der Waals surface area contributed by atoms with E-state index in [0.29, 0.717) is 28.0 Å². The van der Waals surface area contributed by atoms with Crippen LogP contribution in [0.2, 0.25) is 5.02 Å². The van der Waals surface area contributed by atoms with Gasteiger partial charge in [0.1, 0.15) is 6.04 Å². The quantitative estimate of drug-likeness (QED) is 0.625. The Balaban J connectivity index is 2.02. The molecule has 0 heterocycles. The van der Waals surface area contributed by atoms with Crippen molar-refractivity contribution in [2.24, 2.45) is 0 Å². The van der Waals surface area contributed by atoms with Gasteiger partial charge in [0.25, 0.3) is 5.91 Å². The molecular formula is C19H20BrClN2O2S. The number of hydrogen-bond acceptors (Lipinski definition) is 3. The van der Waals surface area contributed by atoms with Gasteiger partial charge in [-0.1, -0.05) is 35.9 Å². The third kappa shape index (κ3) is 6.34. The lowest BCUT2D eigenvalue weighted by molar-refractivity contribution is -0.123. The Morgan fingerprint density at radius 2 is 1.96 bits per heavy atom. The first-order valence-electron chi connectivity index (χ1n) is 8.07. The van der Waals surface area contributed by atoms with E-state index in [-0.39, 0.29) is 11.8 Å². The van der Waals surface area contributed by atoms with Crippen LogP contribution in [0.25, 0.3) is 0 Å². The van der Waals surface area contributed by atoms with Gasteiger partial charge in [-0.25, -0.2) is 0 Å². The van der Waals surface area contributed by atoms with Crippen LogP contribution in [-0.4, -0.2) is 29.9 Å². The van der Waals surface area contributed by atoms with E-state index in [2.05, 4.69) is 26.6 Å². The summed E-state index contributed by atoms with van der Waals surface area (Å²) in [4.78, 5) is 25.1. The molecule has 0 bridgehead atoms. The average molecular weight is 456 g/mol. The number of benzene rings is 2. The number of nitrogens with one attached hydrogen (secondary N) is 2. The number of rotatable bonds is 8. The van der Waals surface area contributed by atoms with Crippen molar-refractivity contribution in [2.75, 3.05) is 12.0 Å². The molecule has 2 rings (SSSR count).